The van der Waals surface area contributed by atoms with Gasteiger partial charge in [0.05, 0.1) is 11.3 Å². The standard InChI is InChI=1S/C19H23F3N4S.ClH/c20-19(21,22)15-3-1-14(2-4-15)18-24-16(13-27-18)11-25-8-5-17(12-25)26-9-6-23-7-10-26;/h1-4,13,17,23H,5-12H2;1H. The van der Waals surface area contributed by atoms with Crippen LogP contribution in [0.2, 0.25) is 0 Å². The molecule has 0 aliphatic carbocycles. The zero-order valence-corrected chi connectivity index (χ0v) is 17.0. The molecule has 1 aromatic carbocycles. The van der Waals surface area contributed by atoms with E-state index >= 15 is 0 Å². The lowest BCUT2D eigenvalue weighted by Crippen LogP contribution is -2.49. The van der Waals surface area contributed by atoms with Gasteiger partial charge >= 0.3 is 6.18 Å². The molecule has 28 heavy (non-hydrogen) atoms. The first-order valence-corrected chi connectivity index (χ1v) is 10.2. The second kappa shape index (κ2) is 9.09. The Bertz CT molecular complexity index is 759. The van der Waals surface area contributed by atoms with E-state index in [2.05, 4.69) is 20.1 Å². The van der Waals surface area contributed by atoms with E-state index in [1.54, 1.807) is 0 Å². The number of aromatic nitrogens is 1. The minimum atomic E-state index is -4.30. The molecular weight excluding hydrogens is 409 g/mol. The first kappa shape index (κ1) is 21.5. The minimum Gasteiger partial charge on any atom is -0.314 e. The maximum atomic E-state index is 12.7. The normalized spacial score (nSPS) is 21.6. The predicted molar refractivity (Wildman–Crippen MR) is 108 cm³/mol. The summed E-state index contributed by atoms with van der Waals surface area (Å²) in [5.74, 6) is 0. The van der Waals surface area contributed by atoms with Crippen LogP contribution in [-0.2, 0) is 12.7 Å². The molecule has 0 saturated carbocycles. The Labute approximate surface area is 173 Å². The van der Waals surface area contributed by atoms with E-state index in [9.17, 15) is 13.2 Å². The number of likely N-dealkylation sites (tertiary alicyclic amines) is 1. The molecular formula is C19H24ClF3N4S. The highest BCUT2D eigenvalue weighted by atomic mass is 35.5. The summed E-state index contributed by atoms with van der Waals surface area (Å²) in [4.78, 5) is 9.65. The first-order chi connectivity index (χ1) is 13.0. The fraction of sp³-hybridized carbons (Fsp3) is 0.526. The Morgan fingerprint density at radius 1 is 1.11 bits per heavy atom. The maximum Gasteiger partial charge on any atom is 0.416 e. The van der Waals surface area contributed by atoms with Crippen molar-refractivity contribution < 1.29 is 13.2 Å². The molecule has 1 aromatic heterocycles. The van der Waals surface area contributed by atoms with Crippen molar-refractivity contribution in [3.8, 4) is 10.6 Å². The Morgan fingerprint density at radius 2 is 1.82 bits per heavy atom. The number of hydrogen-bond donors (Lipinski definition) is 1. The maximum absolute atomic E-state index is 12.7. The van der Waals surface area contributed by atoms with Gasteiger partial charge in [0.15, 0.2) is 0 Å². The van der Waals surface area contributed by atoms with Gasteiger partial charge in [-0.1, -0.05) is 12.1 Å². The molecule has 1 atom stereocenters. The van der Waals surface area contributed by atoms with Gasteiger partial charge < -0.3 is 5.32 Å². The van der Waals surface area contributed by atoms with Crippen molar-refractivity contribution in [2.45, 2.75) is 25.2 Å². The number of thiazole rings is 1. The molecule has 3 heterocycles. The molecule has 154 valence electrons. The quantitative estimate of drug-likeness (QED) is 0.797. The van der Waals surface area contributed by atoms with Crippen molar-refractivity contribution in [3.05, 3.63) is 40.9 Å². The summed E-state index contributed by atoms with van der Waals surface area (Å²) in [6.45, 7) is 7.31. The van der Waals surface area contributed by atoms with Gasteiger partial charge in [0.25, 0.3) is 0 Å². The Morgan fingerprint density at radius 3 is 2.50 bits per heavy atom. The van der Waals surface area contributed by atoms with Gasteiger partial charge in [-0.05, 0) is 18.6 Å². The number of piperazine rings is 1. The molecule has 2 aromatic rings. The molecule has 4 rings (SSSR count). The van der Waals surface area contributed by atoms with E-state index in [1.807, 2.05) is 5.38 Å². The topological polar surface area (TPSA) is 31.4 Å². The van der Waals surface area contributed by atoms with E-state index in [-0.39, 0.29) is 12.4 Å². The van der Waals surface area contributed by atoms with E-state index in [0.717, 1.165) is 74.2 Å². The second-order valence-corrected chi connectivity index (χ2v) is 8.04. The number of halogens is 4. The lowest BCUT2D eigenvalue weighted by atomic mass is 10.1. The van der Waals surface area contributed by atoms with Crippen LogP contribution in [-0.4, -0.2) is 60.1 Å². The SMILES string of the molecule is Cl.FC(F)(F)c1ccc(-c2nc(CN3CCC(N4CCNCC4)C3)cs2)cc1. The summed E-state index contributed by atoms with van der Waals surface area (Å²) in [5.41, 5.74) is 1.11. The largest absolute Gasteiger partial charge is 0.416 e. The Hall–Kier alpha value is -1.19. The fourth-order valence-electron chi connectivity index (χ4n) is 3.84. The van der Waals surface area contributed by atoms with Crippen molar-refractivity contribution in [2.75, 3.05) is 39.3 Å². The number of nitrogens with zero attached hydrogens (tertiary/aromatic N) is 3. The Balaban J connectivity index is 0.00000225. The highest BCUT2D eigenvalue weighted by Crippen LogP contribution is 2.32. The van der Waals surface area contributed by atoms with Gasteiger partial charge in [-0.25, -0.2) is 4.98 Å². The monoisotopic (exact) mass is 432 g/mol. The van der Waals surface area contributed by atoms with Crippen LogP contribution in [0.5, 0.6) is 0 Å². The fourth-order valence-corrected chi connectivity index (χ4v) is 4.66. The van der Waals surface area contributed by atoms with Crippen LogP contribution in [0.4, 0.5) is 13.2 Å². The molecule has 2 aliphatic heterocycles. The summed E-state index contributed by atoms with van der Waals surface area (Å²) in [5, 5.41) is 6.19. The molecule has 0 radical (unpaired) electrons. The number of nitrogens with one attached hydrogen (secondary N) is 1. The lowest BCUT2D eigenvalue weighted by Gasteiger charge is -2.32. The molecule has 2 saturated heterocycles. The number of alkyl halides is 3. The smallest absolute Gasteiger partial charge is 0.314 e. The van der Waals surface area contributed by atoms with Gasteiger partial charge in [-0.3, -0.25) is 9.80 Å². The van der Waals surface area contributed by atoms with Crippen molar-refractivity contribution in [1.29, 1.82) is 0 Å². The van der Waals surface area contributed by atoms with Crippen LogP contribution in [0.1, 0.15) is 17.7 Å². The van der Waals surface area contributed by atoms with Gasteiger partial charge in [0.1, 0.15) is 5.01 Å². The average Bonchev–Trinajstić information content (AvgIpc) is 3.32. The minimum absolute atomic E-state index is 0. The molecule has 0 spiro atoms. The van der Waals surface area contributed by atoms with Gasteiger partial charge in [-0.2, -0.15) is 13.2 Å². The highest BCUT2D eigenvalue weighted by molar-refractivity contribution is 7.13. The van der Waals surface area contributed by atoms with Gasteiger partial charge in [-0.15, -0.1) is 23.7 Å². The molecule has 9 heteroatoms. The Kier molecular flexibility index (Phi) is 6.98. The first-order valence-electron chi connectivity index (χ1n) is 9.28. The number of hydrogen-bond acceptors (Lipinski definition) is 5. The van der Waals surface area contributed by atoms with Crippen LogP contribution in [0.25, 0.3) is 10.6 Å². The summed E-state index contributed by atoms with van der Waals surface area (Å²) >= 11 is 1.49. The number of rotatable bonds is 4. The third kappa shape index (κ3) is 5.04. The van der Waals surface area contributed by atoms with Crippen LogP contribution in [0.15, 0.2) is 29.6 Å². The van der Waals surface area contributed by atoms with Crippen molar-refractivity contribution in [3.63, 3.8) is 0 Å². The molecule has 0 bridgehead atoms. The highest BCUT2D eigenvalue weighted by Gasteiger charge is 2.30. The van der Waals surface area contributed by atoms with E-state index < -0.39 is 11.7 Å². The molecule has 2 aliphatic rings. The van der Waals surface area contributed by atoms with Crippen LogP contribution < -0.4 is 5.32 Å². The zero-order valence-electron chi connectivity index (χ0n) is 15.4. The second-order valence-electron chi connectivity index (χ2n) is 7.18. The van der Waals surface area contributed by atoms with Crippen molar-refractivity contribution in [1.82, 2.24) is 20.1 Å². The average molecular weight is 433 g/mol. The van der Waals surface area contributed by atoms with E-state index in [4.69, 9.17) is 0 Å². The number of benzene rings is 1. The van der Waals surface area contributed by atoms with Crippen LogP contribution >= 0.6 is 23.7 Å². The van der Waals surface area contributed by atoms with Crippen molar-refractivity contribution in [2.24, 2.45) is 0 Å². The third-order valence-electron chi connectivity index (χ3n) is 5.31. The summed E-state index contributed by atoms with van der Waals surface area (Å²) in [7, 11) is 0. The molecule has 1 unspecified atom stereocenters. The predicted octanol–water partition coefficient (Wildman–Crippen LogP) is 3.73. The zero-order chi connectivity index (χ0) is 18.9. The molecule has 2 fully saturated rings. The lowest BCUT2D eigenvalue weighted by molar-refractivity contribution is -0.137. The van der Waals surface area contributed by atoms with Gasteiger partial charge in [0.2, 0.25) is 0 Å². The van der Waals surface area contributed by atoms with Crippen molar-refractivity contribution >= 4 is 23.7 Å². The molecule has 4 nitrogen and oxygen atoms in total. The van der Waals surface area contributed by atoms with Gasteiger partial charge in [0, 0.05) is 62.8 Å². The van der Waals surface area contributed by atoms with Crippen LogP contribution in [0.3, 0.4) is 0 Å². The summed E-state index contributed by atoms with van der Waals surface area (Å²) in [6.07, 6.45) is -3.11. The summed E-state index contributed by atoms with van der Waals surface area (Å²) in [6, 6.07) is 5.87. The summed E-state index contributed by atoms with van der Waals surface area (Å²) < 4.78 is 38.1. The van der Waals surface area contributed by atoms with E-state index in [1.165, 1.54) is 29.9 Å². The van der Waals surface area contributed by atoms with Crippen LogP contribution in [0, 0.1) is 0 Å². The third-order valence-corrected chi connectivity index (χ3v) is 6.25. The molecule has 1 N–H and O–H groups in total. The molecule has 0 amide bonds. The van der Waals surface area contributed by atoms with E-state index in [0.29, 0.717) is 6.04 Å².